The molecule has 2 aromatic heterocycles. The van der Waals surface area contributed by atoms with E-state index in [4.69, 9.17) is 9.26 Å². The quantitative estimate of drug-likeness (QED) is 0.764. The summed E-state index contributed by atoms with van der Waals surface area (Å²) in [5, 5.41) is 12.2. The van der Waals surface area contributed by atoms with Crippen molar-refractivity contribution in [3.63, 3.8) is 0 Å². The Bertz CT molecular complexity index is 959. The van der Waals surface area contributed by atoms with E-state index in [1.807, 2.05) is 29.2 Å². The summed E-state index contributed by atoms with van der Waals surface area (Å²) in [5.41, 5.74) is 1.34. The van der Waals surface area contributed by atoms with E-state index in [1.54, 1.807) is 0 Å². The Labute approximate surface area is 155 Å². The number of aromatic amines is 1. The van der Waals surface area contributed by atoms with Crippen molar-refractivity contribution in [2.75, 3.05) is 26.3 Å². The molecule has 1 aromatic carbocycles. The number of fused-ring (bicyclic) bond motifs is 1. The lowest BCUT2D eigenvalue weighted by Crippen LogP contribution is -2.29. The number of hydrogen-bond donors (Lipinski definition) is 1. The van der Waals surface area contributed by atoms with Crippen molar-refractivity contribution >= 4 is 16.8 Å². The molecule has 8 nitrogen and oxygen atoms in total. The van der Waals surface area contributed by atoms with Crippen LogP contribution in [0.15, 0.2) is 28.8 Å². The minimum atomic E-state index is -0.0564. The number of para-hydroxylation sites is 1. The van der Waals surface area contributed by atoms with Crippen LogP contribution < -0.4 is 0 Å². The number of aromatic nitrogens is 4. The number of carbonyl (C=O) groups excluding carboxylic acids is 1. The molecule has 27 heavy (non-hydrogen) atoms. The zero-order valence-electron chi connectivity index (χ0n) is 14.9. The zero-order chi connectivity index (χ0) is 18.2. The number of nitrogens with one attached hydrogen (secondary N) is 1. The number of ether oxygens (including phenoxy) is 1. The van der Waals surface area contributed by atoms with Crippen molar-refractivity contribution in [3.05, 3.63) is 41.7 Å². The first-order valence-electron chi connectivity index (χ1n) is 9.43. The van der Waals surface area contributed by atoms with Gasteiger partial charge >= 0.3 is 0 Å². The van der Waals surface area contributed by atoms with Crippen LogP contribution >= 0.6 is 0 Å². The molecule has 1 N–H and O–H groups in total. The number of H-pyrrole nitrogens is 1. The minimum absolute atomic E-state index is 0.0564. The molecule has 0 bridgehead atoms. The SMILES string of the molecule is O=C(c1n[nH]c2ccccc12)N1CCC(c2nc(C3CCOCC3)no2)C1. The van der Waals surface area contributed by atoms with Gasteiger partial charge in [0.2, 0.25) is 5.89 Å². The van der Waals surface area contributed by atoms with Crippen LogP contribution in [0, 0.1) is 0 Å². The van der Waals surface area contributed by atoms with E-state index in [0.29, 0.717) is 30.6 Å². The lowest BCUT2D eigenvalue weighted by atomic mass is 10.00. The highest BCUT2D eigenvalue weighted by Gasteiger charge is 2.33. The summed E-state index contributed by atoms with van der Waals surface area (Å²) < 4.78 is 10.9. The van der Waals surface area contributed by atoms with Crippen LogP contribution in [-0.2, 0) is 4.74 Å². The number of amides is 1. The van der Waals surface area contributed by atoms with Gasteiger partial charge < -0.3 is 14.2 Å². The number of nitrogens with zero attached hydrogens (tertiary/aromatic N) is 4. The number of carbonyl (C=O) groups is 1. The first-order valence-corrected chi connectivity index (χ1v) is 9.43. The summed E-state index contributed by atoms with van der Waals surface area (Å²) in [6.45, 7) is 2.74. The normalized spacial score (nSPS) is 21.2. The molecule has 4 heterocycles. The highest BCUT2D eigenvalue weighted by molar-refractivity contribution is 6.04. The minimum Gasteiger partial charge on any atom is -0.381 e. The van der Waals surface area contributed by atoms with Crippen LogP contribution in [0.4, 0.5) is 0 Å². The fourth-order valence-corrected chi connectivity index (χ4v) is 3.96. The second kappa shape index (κ2) is 6.77. The molecule has 0 spiro atoms. The smallest absolute Gasteiger partial charge is 0.275 e. The van der Waals surface area contributed by atoms with Crippen molar-refractivity contribution in [2.45, 2.75) is 31.1 Å². The molecule has 1 unspecified atom stereocenters. The lowest BCUT2D eigenvalue weighted by molar-refractivity contribution is 0.0785. The van der Waals surface area contributed by atoms with Gasteiger partial charge in [0.15, 0.2) is 11.5 Å². The fraction of sp³-hybridized carbons (Fsp3) is 0.474. The Morgan fingerprint density at radius 3 is 2.89 bits per heavy atom. The van der Waals surface area contributed by atoms with Gasteiger partial charge in [0.25, 0.3) is 5.91 Å². The summed E-state index contributed by atoms with van der Waals surface area (Å²) in [4.78, 5) is 19.4. The maximum absolute atomic E-state index is 12.9. The highest BCUT2D eigenvalue weighted by Crippen LogP contribution is 2.30. The molecule has 1 atom stereocenters. The number of rotatable bonds is 3. The lowest BCUT2D eigenvalue weighted by Gasteiger charge is -2.18. The Hall–Kier alpha value is -2.74. The molecule has 0 saturated carbocycles. The third kappa shape index (κ3) is 2.99. The van der Waals surface area contributed by atoms with Crippen molar-refractivity contribution in [1.82, 2.24) is 25.2 Å². The Morgan fingerprint density at radius 2 is 2.00 bits per heavy atom. The maximum Gasteiger partial charge on any atom is 0.275 e. The van der Waals surface area contributed by atoms with Crippen molar-refractivity contribution in [1.29, 1.82) is 0 Å². The molecule has 140 valence electrons. The van der Waals surface area contributed by atoms with E-state index >= 15 is 0 Å². The van der Waals surface area contributed by atoms with E-state index in [2.05, 4.69) is 20.3 Å². The topological polar surface area (TPSA) is 97.1 Å². The number of hydrogen-bond acceptors (Lipinski definition) is 6. The molecule has 0 aliphatic carbocycles. The van der Waals surface area contributed by atoms with Gasteiger partial charge in [-0.05, 0) is 25.3 Å². The fourth-order valence-electron chi connectivity index (χ4n) is 3.96. The van der Waals surface area contributed by atoms with Crippen LogP contribution in [0.2, 0.25) is 0 Å². The van der Waals surface area contributed by atoms with Gasteiger partial charge in [-0.15, -0.1) is 0 Å². The summed E-state index contributed by atoms with van der Waals surface area (Å²) in [7, 11) is 0. The predicted molar refractivity (Wildman–Crippen MR) is 96.4 cm³/mol. The van der Waals surface area contributed by atoms with E-state index in [0.717, 1.165) is 49.2 Å². The molecule has 3 aromatic rings. The first kappa shape index (κ1) is 16.4. The van der Waals surface area contributed by atoms with Crippen LogP contribution in [0.5, 0.6) is 0 Å². The summed E-state index contributed by atoms with van der Waals surface area (Å²) in [6, 6.07) is 7.67. The average Bonchev–Trinajstić information content (AvgIpc) is 3.46. The van der Waals surface area contributed by atoms with Crippen molar-refractivity contribution in [2.24, 2.45) is 0 Å². The van der Waals surface area contributed by atoms with Crippen molar-refractivity contribution in [3.8, 4) is 0 Å². The summed E-state index contributed by atoms with van der Waals surface area (Å²) in [6.07, 6.45) is 2.68. The standard InChI is InChI=1S/C19H21N5O3/c25-19(16-14-3-1-2-4-15(14)21-22-16)24-8-5-13(11-24)18-20-17(23-27-18)12-6-9-26-10-7-12/h1-4,12-13H,5-11H2,(H,21,22). The molecule has 2 fully saturated rings. The Balaban J connectivity index is 1.30. The zero-order valence-corrected chi connectivity index (χ0v) is 14.9. The second-order valence-corrected chi connectivity index (χ2v) is 7.23. The van der Waals surface area contributed by atoms with Gasteiger partial charge in [0.1, 0.15) is 0 Å². The molecule has 8 heteroatoms. The molecule has 5 rings (SSSR count). The largest absolute Gasteiger partial charge is 0.381 e. The van der Waals surface area contributed by atoms with Crippen LogP contribution in [0.3, 0.4) is 0 Å². The molecule has 2 aliphatic heterocycles. The monoisotopic (exact) mass is 367 g/mol. The number of benzene rings is 1. The summed E-state index contributed by atoms with van der Waals surface area (Å²) in [5.74, 6) is 1.75. The molecular weight excluding hydrogens is 346 g/mol. The van der Waals surface area contributed by atoms with E-state index < -0.39 is 0 Å². The Kier molecular flexibility index (Phi) is 4.12. The predicted octanol–water partition coefficient (Wildman–Crippen LogP) is 2.47. The summed E-state index contributed by atoms with van der Waals surface area (Å²) >= 11 is 0. The molecule has 0 radical (unpaired) electrons. The molecular formula is C19H21N5O3. The van der Waals surface area contributed by atoms with Gasteiger partial charge in [-0.3, -0.25) is 9.89 Å². The third-order valence-corrected chi connectivity index (χ3v) is 5.54. The second-order valence-electron chi connectivity index (χ2n) is 7.23. The van der Waals surface area contributed by atoms with E-state index in [9.17, 15) is 4.79 Å². The van der Waals surface area contributed by atoms with Gasteiger partial charge in [-0.1, -0.05) is 23.4 Å². The van der Waals surface area contributed by atoms with Crippen molar-refractivity contribution < 1.29 is 14.1 Å². The van der Waals surface area contributed by atoms with E-state index in [1.165, 1.54) is 0 Å². The molecule has 1 amide bonds. The van der Waals surface area contributed by atoms with E-state index in [-0.39, 0.29) is 11.8 Å². The molecule has 2 aliphatic rings. The van der Waals surface area contributed by atoms with Crippen LogP contribution in [0.25, 0.3) is 10.9 Å². The van der Waals surface area contributed by atoms with Crippen LogP contribution in [0.1, 0.15) is 53.3 Å². The Morgan fingerprint density at radius 1 is 1.15 bits per heavy atom. The van der Waals surface area contributed by atoms with Gasteiger partial charge in [0.05, 0.1) is 11.4 Å². The van der Waals surface area contributed by atoms with Gasteiger partial charge in [-0.2, -0.15) is 10.1 Å². The maximum atomic E-state index is 12.9. The third-order valence-electron chi connectivity index (χ3n) is 5.54. The number of likely N-dealkylation sites (tertiary alicyclic amines) is 1. The van der Waals surface area contributed by atoms with Gasteiger partial charge in [0, 0.05) is 37.6 Å². The average molecular weight is 367 g/mol. The molecule has 2 saturated heterocycles. The highest BCUT2D eigenvalue weighted by atomic mass is 16.5. The van der Waals surface area contributed by atoms with Crippen LogP contribution in [-0.4, -0.2) is 57.4 Å². The van der Waals surface area contributed by atoms with Gasteiger partial charge in [-0.25, -0.2) is 0 Å². The first-order chi connectivity index (χ1) is 13.3.